The fourth-order valence-corrected chi connectivity index (χ4v) is 2.64. The third-order valence-electron chi connectivity index (χ3n) is 4.33. The summed E-state index contributed by atoms with van der Waals surface area (Å²) < 4.78 is 11.2. The van der Waals surface area contributed by atoms with Crippen LogP contribution in [0, 0.1) is 11.3 Å². The van der Waals surface area contributed by atoms with E-state index in [0.717, 1.165) is 5.56 Å². The standard InChI is InChI=1S/C23H21N3O4/c1-26(2)22(27)13-16-7-9-18(10-8-16)25-23(28)21-12-11-19(30-21)15-29-20-6-4-3-5-17(20)14-24/h3-12H,13,15H2,1-2H3,(H,25,28). The number of likely N-dealkylation sites (N-methyl/N-ethyl adjacent to an activating group) is 1. The van der Waals surface area contributed by atoms with Crippen molar-refractivity contribution in [2.45, 2.75) is 13.0 Å². The van der Waals surface area contributed by atoms with Gasteiger partial charge in [0.25, 0.3) is 5.91 Å². The Kier molecular flexibility index (Phi) is 6.50. The summed E-state index contributed by atoms with van der Waals surface area (Å²) in [6.07, 6.45) is 0.303. The van der Waals surface area contributed by atoms with E-state index in [9.17, 15) is 9.59 Å². The Morgan fingerprint density at radius 1 is 1.07 bits per heavy atom. The van der Waals surface area contributed by atoms with Crippen molar-refractivity contribution in [1.82, 2.24) is 4.90 Å². The number of furan rings is 1. The molecule has 1 aromatic heterocycles. The molecule has 0 aliphatic rings. The fourth-order valence-electron chi connectivity index (χ4n) is 2.64. The van der Waals surface area contributed by atoms with Crippen molar-refractivity contribution < 1.29 is 18.7 Å². The number of rotatable bonds is 7. The summed E-state index contributed by atoms with van der Waals surface area (Å²) in [5.74, 6) is 0.681. The van der Waals surface area contributed by atoms with Crippen molar-refractivity contribution >= 4 is 17.5 Å². The molecule has 3 rings (SSSR count). The second-order valence-electron chi connectivity index (χ2n) is 6.78. The maximum atomic E-state index is 12.4. The molecule has 0 aliphatic heterocycles. The molecule has 0 unspecified atom stereocenters. The number of benzene rings is 2. The van der Waals surface area contributed by atoms with Crippen LogP contribution < -0.4 is 10.1 Å². The first kappa shape index (κ1) is 20.7. The first-order valence-corrected chi connectivity index (χ1v) is 9.27. The lowest BCUT2D eigenvalue weighted by Crippen LogP contribution is -2.23. The van der Waals surface area contributed by atoms with Gasteiger partial charge in [-0.2, -0.15) is 5.26 Å². The average molecular weight is 403 g/mol. The number of hydrogen-bond donors (Lipinski definition) is 1. The molecule has 0 aliphatic carbocycles. The van der Waals surface area contributed by atoms with Gasteiger partial charge < -0.3 is 19.4 Å². The minimum atomic E-state index is -0.393. The van der Waals surface area contributed by atoms with Gasteiger partial charge in [0.15, 0.2) is 5.76 Å². The molecule has 0 bridgehead atoms. The van der Waals surface area contributed by atoms with Crippen molar-refractivity contribution in [1.29, 1.82) is 5.26 Å². The minimum Gasteiger partial charge on any atom is -0.484 e. The first-order valence-electron chi connectivity index (χ1n) is 9.27. The van der Waals surface area contributed by atoms with Crippen molar-refractivity contribution in [3.63, 3.8) is 0 Å². The van der Waals surface area contributed by atoms with Gasteiger partial charge in [-0.25, -0.2) is 0 Å². The normalized spacial score (nSPS) is 10.2. The highest BCUT2D eigenvalue weighted by Gasteiger charge is 2.13. The molecule has 0 saturated carbocycles. The molecule has 1 heterocycles. The summed E-state index contributed by atoms with van der Waals surface area (Å²) in [5, 5.41) is 11.8. The van der Waals surface area contributed by atoms with Crippen LogP contribution in [0.4, 0.5) is 5.69 Å². The molecular weight excluding hydrogens is 382 g/mol. The second kappa shape index (κ2) is 9.43. The topological polar surface area (TPSA) is 95.6 Å². The molecule has 30 heavy (non-hydrogen) atoms. The number of anilines is 1. The number of nitrogens with zero attached hydrogens (tertiary/aromatic N) is 2. The van der Waals surface area contributed by atoms with E-state index in [1.54, 1.807) is 74.8 Å². The highest BCUT2D eigenvalue weighted by molar-refractivity contribution is 6.02. The lowest BCUT2D eigenvalue weighted by molar-refractivity contribution is -0.127. The average Bonchev–Trinajstić information content (AvgIpc) is 3.23. The molecule has 3 aromatic rings. The van der Waals surface area contributed by atoms with Crippen LogP contribution in [-0.2, 0) is 17.8 Å². The van der Waals surface area contributed by atoms with Crippen molar-refractivity contribution in [2.75, 3.05) is 19.4 Å². The third-order valence-corrected chi connectivity index (χ3v) is 4.33. The van der Waals surface area contributed by atoms with E-state index < -0.39 is 5.91 Å². The van der Waals surface area contributed by atoms with E-state index in [2.05, 4.69) is 11.4 Å². The Balaban J connectivity index is 1.57. The molecule has 7 nitrogen and oxygen atoms in total. The fraction of sp³-hybridized carbons (Fsp3) is 0.174. The summed E-state index contributed by atoms with van der Waals surface area (Å²) in [6.45, 7) is 0.0978. The highest BCUT2D eigenvalue weighted by Crippen LogP contribution is 2.19. The zero-order valence-electron chi connectivity index (χ0n) is 16.7. The highest BCUT2D eigenvalue weighted by atomic mass is 16.5. The van der Waals surface area contributed by atoms with Crippen molar-refractivity contribution in [3.05, 3.63) is 83.3 Å². The number of nitriles is 1. The molecule has 7 heteroatoms. The molecule has 0 fully saturated rings. The lowest BCUT2D eigenvalue weighted by Gasteiger charge is -2.10. The van der Waals surface area contributed by atoms with Gasteiger partial charge in [0, 0.05) is 19.8 Å². The molecule has 0 atom stereocenters. The molecule has 0 spiro atoms. The number of ether oxygens (including phenoxy) is 1. The van der Waals surface area contributed by atoms with E-state index in [0.29, 0.717) is 29.2 Å². The molecule has 2 aromatic carbocycles. The van der Waals surface area contributed by atoms with Crippen molar-refractivity contribution in [2.24, 2.45) is 0 Å². The molecule has 1 N–H and O–H groups in total. The Labute approximate surface area is 174 Å². The predicted molar refractivity (Wildman–Crippen MR) is 111 cm³/mol. The van der Waals surface area contributed by atoms with E-state index in [-0.39, 0.29) is 18.3 Å². The summed E-state index contributed by atoms with van der Waals surface area (Å²) in [4.78, 5) is 25.7. The van der Waals surface area contributed by atoms with Crippen LogP contribution in [0.15, 0.2) is 65.1 Å². The van der Waals surface area contributed by atoms with Crippen LogP contribution in [-0.4, -0.2) is 30.8 Å². The monoisotopic (exact) mass is 403 g/mol. The van der Waals surface area contributed by atoms with Gasteiger partial charge >= 0.3 is 0 Å². The smallest absolute Gasteiger partial charge is 0.291 e. The maximum Gasteiger partial charge on any atom is 0.291 e. The zero-order chi connectivity index (χ0) is 21.5. The Morgan fingerprint density at radius 2 is 1.80 bits per heavy atom. The number of para-hydroxylation sites is 1. The Bertz CT molecular complexity index is 1080. The molecule has 152 valence electrons. The second-order valence-corrected chi connectivity index (χ2v) is 6.78. The largest absolute Gasteiger partial charge is 0.484 e. The van der Waals surface area contributed by atoms with Gasteiger partial charge in [0.2, 0.25) is 5.91 Å². The summed E-state index contributed by atoms with van der Waals surface area (Å²) >= 11 is 0. The van der Waals surface area contributed by atoms with Gasteiger partial charge in [-0.15, -0.1) is 0 Å². The van der Waals surface area contributed by atoms with E-state index >= 15 is 0 Å². The van der Waals surface area contributed by atoms with Gasteiger partial charge in [-0.3, -0.25) is 9.59 Å². The Morgan fingerprint density at radius 3 is 2.50 bits per heavy atom. The van der Waals surface area contributed by atoms with Crippen LogP contribution in [0.5, 0.6) is 5.75 Å². The third kappa shape index (κ3) is 5.26. The first-order chi connectivity index (χ1) is 14.5. The number of carbonyl (C=O) groups is 2. The molecular formula is C23H21N3O4. The minimum absolute atomic E-state index is 0.00881. The van der Waals surface area contributed by atoms with E-state index in [1.807, 2.05) is 0 Å². The number of amides is 2. The van der Waals surface area contributed by atoms with Gasteiger partial charge in [-0.05, 0) is 42.0 Å². The summed E-state index contributed by atoms with van der Waals surface area (Å²) in [6, 6.07) is 19.2. The van der Waals surface area contributed by atoms with E-state index in [4.69, 9.17) is 14.4 Å². The number of nitrogens with one attached hydrogen (secondary N) is 1. The zero-order valence-corrected chi connectivity index (χ0v) is 16.7. The van der Waals surface area contributed by atoms with Crippen LogP contribution in [0.25, 0.3) is 0 Å². The number of carbonyl (C=O) groups excluding carboxylic acids is 2. The van der Waals surface area contributed by atoms with Crippen LogP contribution in [0.2, 0.25) is 0 Å². The van der Waals surface area contributed by atoms with Crippen LogP contribution in [0.1, 0.15) is 27.4 Å². The van der Waals surface area contributed by atoms with Crippen molar-refractivity contribution in [3.8, 4) is 11.8 Å². The maximum absolute atomic E-state index is 12.4. The number of hydrogen-bond acceptors (Lipinski definition) is 5. The SMILES string of the molecule is CN(C)C(=O)Cc1ccc(NC(=O)c2ccc(COc3ccccc3C#N)o2)cc1. The quantitative estimate of drug-likeness (QED) is 0.650. The van der Waals surface area contributed by atoms with Crippen LogP contribution >= 0.6 is 0 Å². The van der Waals surface area contributed by atoms with Gasteiger partial charge in [0.1, 0.15) is 24.2 Å². The molecule has 0 radical (unpaired) electrons. The summed E-state index contributed by atoms with van der Waals surface area (Å²) in [5.41, 5.74) is 1.89. The molecule has 2 amide bonds. The predicted octanol–water partition coefficient (Wildman–Crippen LogP) is 3.61. The lowest BCUT2D eigenvalue weighted by atomic mass is 10.1. The van der Waals surface area contributed by atoms with Crippen LogP contribution in [0.3, 0.4) is 0 Å². The van der Waals surface area contributed by atoms with Gasteiger partial charge in [-0.1, -0.05) is 24.3 Å². The van der Waals surface area contributed by atoms with E-state index in [1.165, 1.54) is 4.90 Å². The summed E-state index contributed by atoms with van der Waals surface area (Å²) in [7, 11) is 3.42. The molecule has 0 saturated heterocycles. The Hall–Kier alpha value is -4.05. The van der Waals surface area contributed by atoms with Gasteiger partial charge in [0.05, 0.1) is 12.0 Å².